The molecular weight excluding hydrogens is 322 g/mol. The van der Waals surface area contributed by atoms with Crippen molar-refractivity contribution in [1.82, 2.24) is 14.7 Å². The predicted molar refractivity (Wildman–Crippen MR) is 106 cm³/mol. The summed E-state index contributed by atoms with van der Waals surface area (Å²) in [7, 11) is 4.48. The van der Waals surface area contributed by atoms with Gasteiger partial charge in [0.05, 0.1) is 0 Å². The van der Waals surface area contributed by atoms with Gasteiger partial charge in [0.25, 0.3) is 0 Å². The second-order valence-electron chi connectivity index (χ2n) is 9.22. The van der Waals surface area contributed by atoms with Crippen LogP contribution in [0.5, 0.6) is 0 Å². The smallest absolute Gasteiger partial charge is 0.136 e. The van der Waals surface area contributed by atoms with Crippen LogP contribution < -0.4 is 0 Å². The Morgan fingerprint density at radius 2 is 1.35 bits per heavy atom. The van der Waals surface area contributed by atoms with Crippen molar-refractivity contribution in [2.24, 2.45) is 0 Å². The van der Waals surface area contributed by atoms with E-state index in [-0.39, 0.29) is 0 Å². The molecule has 0 radical (unpaired) electrons. The highest BCUT2D eigenvalue weighted by Gasteiger charge is 2.35. The molecule has 5 aliphatic rings. The highest BCUT2D eigenvalue weighted by Crippen LogP contribution is 2.34. The Morgan fingerprint density at radius 1 is 0.769 bits per heavy atom. The highest BCUT2D eigenvalue weighted by molar-refractivity contribution is 5.80. The van der Waals surface area contributed by atoms with E-state index in [4.69, 9.17) is 0 Å². The minimum absolute atomic E-state index is 0.484. The van der Waals surface area contributed by atoms with E-state index in [2.05, 4.69) is 34.9 Å². The van der Waals surface area contributed by atoms with Crippen molar-refractivity contribution < 1.29 is 4.79 Å². The normalized spacial score (nSPS) is 37.8. The Kier molecular flexibility index (Phi) is 5.70. The van der Waals surface area contributed by atoms with Gasteiger partial charge in [-0.3, -0.25) is 14.6 Å². The fourth-order valence-corrected chi connectivity index (χ4v) is 5.85. The van der Waals surface area contributed by atoms with Crippen molar-refractivity contribution in [2.75, 3.05) is 27.2 Å². The number of likely N-dealkylation sites (tertiary alicyclic amines) is 1. The summed E-state index contributed by atoms with van der Waals surface area (Å²) < 4.78 is 0. The van der Waals surface area contributed by atoms with Crippen molar-refractivity contribution in [1.29, 1.82) is 0 Å². The minimum Gasteiger partial charge on any atom is -0.375 e. The third-order valence-electron chi connectivity index (χ3n) is 7.63. The van der Waals surface area contributed by atoms with Crippen LogP contribution in [0.15, 0.2) is 11.8 Å². The fraction of sp³-hybridized carbons (Fsp3) is 0.864. The van der Waals surface area contributed by atoms with Crippen LogP contribution in [0.3, 0.4) is 0 Å². The van der Waals surface area contributed by atoms with Crippen molar-refractivity contribution in [3.8, 4) is 0 Å². The summed E-state index contributed by atoms with van der Waals surface area (Å²) >= 11 is 0. The first-order chi connectivity index (χ1) is 12.6. The van der Waals surface area contributed by atoms with E-state index in [0.717, 1.165) is 24.9 Å². The standard InChI is InChI=1S/C13H22N2.C9H15NO/c1-14-11-5-4-6-12(14)10-13(9-11)15-7-2-3-8-15;1-10-7-3-2-4-8(10)6-9(11)5-7/h9,11-12H,2-8,10H2,1H3;7-8H,2-6H2,1H3. The molecule has 4 saturated heterocycles. The average molecular weight is 360 g/mol. The average Bonchev–Trinajstić information content (AvgIpc) is 3.11. The van der Waals surface area contributed by atoms with Gasteiger partial charge in [-0.1, -0.05) is 12.8 Å². The van der Waals surface area contributed by atoms with Gasteiger partial charge in [-0.05, 0) is 58.7 Å². The summed E-state index contributed by atoms with van der Waals surface area (Å²) in [5.74, 6) is 0.484. The van der Waals surface area contributed by atoms with Crippen LogP contribution >= 0.6 is 0 Å². The number of Topliss-reactive ketones (excluding diaryl/α,β-unsaturated/α-hetero) is 1. The monoisotopic (exact) mass is 359 g/mol. The van der Waals surface area contributed by atoms with Crippen LogP contribution in [0.1, 0.15) is 70.6 Å². The van der Waals surface area contributed by atoms with Crippen molar-refractivity contribution in [3.63, 3.8) is 0 Å². The molecule has 0 saturated carbocycles. The van der Waals surface area contributed by atoms with Crippen LogP contribution in [-0.4, -0.2) is 71.8 Å². The van der Waals surface area contributed by atoms with Crippen molar-refractivity contribution in [3.05, 3.63) is 11.8 Å². The predicted octanol–water partition coefficient (Wildman–Crippen LogP) is 3.42. The van der Waals surface area contributed by atoms with Crippen LogP contribution in [0.4, 0.5) is 0 Å². The van der Waals surface area contributed by atoms with Gasteiger partial charge in [-0.25, -0.2) is 0 Å². The number of likely N-dealkylation sites (N-methyl/N-ethyl adjacent to an activating group) is 1. The summed E-state index contributed by atoms with van der Waals surface area (Å²) in [6.45, 7) is 2.63. The zero-order valence-electron chi connectivity index (χ0n) is 16.8. The number of hydrogen-bond acceptors (Lipinski definition) is 4. The summed E-state index contributed by atoms with van der Waals surface area (Å²) in [6.07, 6.45) is 16.3. The number of rotatable bonds is 1. The lowest BCUT2D eigenvalue weighted by Crippen LogP contribution is -2.49. The molecule has 0 amide bonds. The molecule has 0 aromatic carbocycles. The summed E-state index contributed by atoms with van der Waals surface area (Å²) in [6, 6.07) is 2.74. The van der Waals surface area contributed by atoms with Gasteiger partial charge in [0.2, 0.25) is 0 Å². The molecule has 4 heteroatoms. The maximum atomic E-state index is 11.2. The van der Waals surface area contributed by atoms with E-state index in [0.29, 0.717) is 17.9 Å². The number of hydrogen-bond donors (Lipinski definition) is 0. The van der Waals surface area contributed by atoms with Gasteiger partial charge in [-0.2, -0.15) is 0 Å². The molecule has 5 aliphatic heterocycles. The molecule has 146 valence electrons. The third-order valence-corrected chi connectivity index (χ3v) is 7.63. The lowest BCUT2D eigenvalue weighted by Gasteiger charge is -2.44. The maximum absolute atomic E-state index is 11.2. The van der Waals surface area contributed by atoms with Crippen LogP contribution in [0.25, 0.3) is 0 Å². The van der Waals surface area contributed by atoms with Gasteiger partial charge in [0, 0.05) is 62.2 Å². The summed E-state index contributed by atoms with van der Waals surface area (Å²) in [5.41, 5.74) is 1.67. The van der Waals surface area contributed by atoms with E-state index in [1.807, 2.05) is 0 Å². The number of piperidine rings is 3. The second-order valence-corrected chi connectivity index (χ2v) is 9.22. The molecule has 0 N–H and O–H groups in total. The lowest BCUT2D eigenvalue weighted by atomic mass is 9.84. The molecular formula is C22H37N3O. The Hall–Kier alpha value is -0.870. The van der Waals surface area contributed by atoms with Crippen LogP contribution in [0, 0.1) is 0 Å². The molecule has 26 heavy (non-hydrogen) atoms. The van der Waals surface area contributed by atoms with Crippen molar-refractivity contribution >= 4 is 5.78 Å². The number of nitrogens with zero attached hydrogens (tertiary/aromatic N) is 3. The molecule has 4 unspecified atom stereocenters. The Bertz CT molecular complexity index is 524. The van der Waals surface area contributed by atoms with Gasteiger partial charge in [0.1, 0.15) is 5.78 Å². The summed E-state index contributed by atoms with van der Waals surface area (Å²) in [4.78, 5) is 18.8. The van der Waals surface area contributed by atoms with Gasteiger partial charge < -0.3 is 4.90 Å². The first-order valence-electron chi connectivity index (χ1n) is 11.0. The van der Waals surface area contributed by atoms with Gasteiger partial charge in [-0.15, -0.1) is 0 Å². The van der Waals surface area contributed by atoms with Crippen molar-refractivity contribution in [2.45, 2.75) is 94.8 Å². The topological polar surface area (TPSA) is 26.8 Å². The number of fused-ring (bicyclic) bond motifs is 4. The second kappa shape index (κ2) is 8.02. The molecule has 0 aromatic rings. The first kappa shape index (κ1) is 18.5. The first-order valence-corrected chi connectivity index (χ1v) is 11.0. The van der Waals surface area contributed by atoms with E-state index in [1.165, 1.54) is 70.9 Å². The van der Waals surface area contributed by atoms with E-state index in [1.54, 1.807) is 5.70 Å². The van der Waals surface area contributed by atoms with Gasteiger partial charge in [0.15, 0.2) is 0 Å². The fourth-order valence-electron chi connectivity index (χ4n) is 5.85. The van der Waals surface area contributed by atoms with Crippen LogP contribution in [-0.2, 0) is 4.79 Å². The van der Waals surface area contributed by atoms with E-state index >= 15 is 0 Å². The van der Waals surface area contributed by atoms with Crippen LogP contribution in [0.2, 0.25) is 0 Å². The summed E-state index contributed by atoms with van der Waals surface area (Å²) in [5, 5.41) is 0. The number of carbonyl (C=O) groups excluding carboxylic acids is 1. The molecule has 5 heterocycles. The lowest BCUT2D eigenvalue weighted by molar-refractivity contribution is -0.126. The maximum Gasteiger partial charge on any atom is 0.136 e. The molecule has 4 fully saturated rings. The Morgan fingerprint density at radius 3 is 1.96 bits per heavy atom. The van der Waals surface area contributed by atoms with E-state index in [9.17, 15) is 4.79 Å². The Labute approximate surface area is 159 Å². The molecule has 4 atom stereocenters. The molecule has 5 rings (SSSR count). The highest BCUT2D eigenvalue weighted by atomic mass is 16.1. The molecule has 4 nitrogen and oxygen atoms in total. The molecule has 0 aliphatic carbocycles. The number of ketones is 1. The minimum atomic E-state index is 0.484. The van der Waals surface area contributed by atoms with E-state index < -0.39 is 0 Å². The molecule has 0 aromatic heterocycles. The third kappa shape index (κ3) is 3.87. The molecule has 4 bridgehead atoms. The number of carbonyl (C=O) groups is 1. The SMILES string of the molecule is CN1C2C=C(N3CCCC3)CC1CCC2.CN1C2CCCC1CC(=O)C2. The quantitative estimate of drug-likeness (QED) is 0.717. The van der Waals surface area contributed by atoms with Gasteiger partial charge >= 0.3 is 0 Å². The largest absolute Gasteiger partial charge is 0.375 e. The zero-order chi connectivity index (χ0) is 18.1. The Balaban J connectivity index is 0.000000136. The molecule has 0 spiro atoms. The zero-order valence-corrected chi connectivity index (χ0v) is 16.8.